The van der Waals surface area contributed by atoms with Gasteiger partial charge in [0, 0.05) is 21.3 Å². The Morgan fingerprint density at radius 1 is 1.25 bits per heavy atom. The monoisotopic (exact) mass is 348 g/mol. The second kappa shape index (κ2) is 5.26. The van der Waals surface area contributed by atoms with Crippen LogP contribution in [-0.4, -0.2) is 15.0 Å². The van der Waals surface area contributed by atoms with E-state index in [1.807, 2.05) is 12.1 Å². The third-order valence-corrected chi connectivity index (χ3v) is 4.18. The van der Waals surface area contributed by atoms with Crippen molar-refractivity contribution in [1.29, 1.82) is 0 Å². The quantitative estimate of drug-likeness (QED) is 0.695. The lowest BCUT2D eigenvalue weighted by atomic mass is 10.2. The Morgan fingerprint density at radius 2 is 2.10 bits per heavy atom. The van der Waals surface area contributed by atoms with Gasteiger partial charge in [-0.15, -0.1) is 0 Å². The van der Waals surface area contributed by atoms with Gasteiger partial charge in [0.25, 0.3) is 5.56 Å². The topological polar surface area (TPSA) is 84.7 Å². The number of aromatic nitrogens is 3. The second-order valence-corrected chi connectivity index (χ2v) is 6.03. The van der Waals surface area contributed by atoms with Crippen LogP contribution in [0, 0.1) is 0 Å². The van der Waals surface area contributed by atoms with Crippen molar-refractivity contribution in [2.45, 2.75) is 9.92 Å². The number of nitrogens with zero attached hydrogens (tertiary/aromatic N) is 2. The summed E-state index contributed by atoms with van der Waals surface area (Å²) in [6.45, 7) is 0. The summed E-state index contributed by atoms with van der Waals surface area (Å²) in [5.74, 6) is 0. The molecule has 0 saturated heterocycles. The van der Waals surface area contributed by atoms with Crippen molar-refractivity contribution in [3.63, 3.8) is 0 Å². The number of aromatic amines is 1. The van der Waals surface area contributed by atoms with E-state index in [-0.39, 0.29) is 5.56 Å². The molecule has 0 spiro atoms. The Hall–Kier alpha value is -1.86. The molecule has 3 rings (SSSR count). The number of fused-ring (bicyclic) bond motifs is 1. The van der Waals surface area contributed by atoms with Crippen molar-refractivity contribution in [3.05, 3.63) is 51.6 Å². The highest BCUT2D eigenvalue weighted by Gasteiger charge is 2.08. The van der Waals surface area contributed by atoms with E-state index >= 15 is 0 Å². The summed E-state index contributed by atoms with van der Waals surface area (Å²) < 4.78 is 0.918. The number of benzene rings is 1. The van der Waals surface area contributed by atoms with Crippen LogP contribution in [-0.2, 0) is 0 Å². The number of nitrogens with one attached hydrogen (secondary N) is 1. The highest BCUT2D eigenvalue weighted by Crippen LogP contribution is 2.33. The molecule has 20 heavy (non-hydrogen) atoms. The lowest BCUT2D eigenvalue weighted by Crippen LogP contribution is -2.07. The lowest BCUT2D eigenvalue weighted by Gasteiger charge is -2.06. The summed E-state index contributed by atoms with van der Waals surface area (Å²) in [5.41, 5.74) is 6.95. The van der Waals surface area contributed by atoms with Crippen LogP contribution in [0.15, 0.2) is 56.0 Å². The molecule has 0 aliphatic heterocycles. The van der Waals surface area contributed by atoms with E-state index < -0.39 is 0 Å². The van der Waals surface area contributed by atoms with Crippen molar-refractivity contribution in [1.82, 2.24) is 15.0 Å². The SMILES string of the molecule is Nc1cc2c(=O)[nH]cnc2cc1Sc1ccc(Br)cn1. The first-order chi connectivity index (χ1) is 9.63. The minimum atomic E-state index is -0.194. The Bertz CT molecular complexity index is 832. The fourth-order valence-corrected chi connectivity index (χ4v) is 2.79. The number of anilines is 1. The molecule has 0 saturated carbocycles. The van der Waals surface area contributed by atoms with E-state index in [1.54, 1.807) is 18.3 Å². The zero-order chi connectivity index (χ0) is 14.1. The molecule has 0 fully saturated rings. The molecule has 0 radical (unpaired) electrons. The van der Waals surface area contributed by atoms with Crippen LogP contribution in [0.1, 0.15) is 0 Å². The van der Waals surface area contributed by atoms with Crippen LogP contribution in [0.5, 0.6) is 0 Å². The van der Waals surface area contributed by atoms with Gasteiger partial charge in [-0.2, -0.15) is 0 Å². The van der Waals surface area contributed by atoms with Crippen LogP contribution in [0.4, 0.5) is 5.69 Å². The molecule has 0 aliphatic carbocycles. The molecule has 1 aromatic carbocycles. The molecular weight excluding hydrogens is 340 g/mol. The van der Waals surface area contributed by atoms with Crippen LogP contribution in [0.3, 0.4) is 0 Å². The molecule has 3 aromatic rings. The summed E-state index contributed by atoms with van der Waals surface area (Å²) >= 11 is 4.78. The maximum absolute atomic E-state index is 11.7. The van der Waals surface area contributed by atoms with Crippen LogP contribution >= 0.6 is 27.7 Å². The smallest absolute Gasteiger partial charge is 0.258 e. The van der Waals surface area contributed by atoms with Crippen LogP contribution < -0.4 is 11.3 Å². The van der Waals surface area contributed by atoms with Crippen molar-refractivity contribution >= 4 is 44.3 Å². The Balaban J connectivity index is 2.05. The first-order valence-corrected chi connectivity index (χ1v) is 7.31. The predicted octanol–water partition coefficient (Wildman–Crippen LogP) is 2.81. The Kier molecular flexibility index (Phi) is 3.45. The molecule has 0 unspecified atom stereocenters. The molecule has 0 aliphatic rings. The minimum Gasteiger partial charge on any atom is -0.398 e. The molecule has 2 heterocycles. The number of hydrogen-bond acceptors (Lipinski definition) is 5. The normalized spacial score (nSPS) is 10.8. The fraction of sp³-hybridized carbons (Fsp3) is 0. The van der Waals surface area contributed by atoms with Crippen molar-refractivity contribution in [2.75, 3.05) is 5.73 Å². The van der Waals surface area contributed by atoms with Crippen molar-refractivity contribution in [3.8, 4) is 0 Å². The molecule has 5 nitrogen and oxygen atoms in total. The highest BCUT2D eigenvalue weighted by atomic mass is 79.9. The summed E-state index contributed by atoms with van der Waals surface area (Å²) in [6.07, 6.45) is 3.11. The van der Waals surface area contributed by atoms with Gasteiger partial charge in [0.2, 0.25) is 0 Å². The lowest BCUT2D eigenvalue weighted by molar-refractivity contribution is 1.12. The predicted molar refractivity (Wildman–Crippen MR) is 82.8 cm³/mol. The maximum Gasteiger partial charge on any atom is 0.258 e. The number of hydrogen-bond donors (Lipinski definition) is 2. The highest BCUT2D eigenvalue weighted by molar-refractivity contribution is 9.10. The number of pyridine rings is 1. The van der Waals surface area contributed by atoms with Gasteiger partial charge < -0.3 is 10.7 Å². The van der Waals surface area contributed by atoms with Gasteiger partial charge in [0.1, 0.15) is 5.03 Å². The zero-order valence-electron chi connectivity index (χ0n) is 10.1. The average molecular weight is 349 g/mol. The molecular formula is C13H9BrN4OS. The molecule has 0 amide bonds. The van der Waals surface area contributed by atoms with E-state index in [2.05, 4.69) is 30.9 Å². The number of nitrogen functional groups attached to an aromatic ring is 1. The molecule has 7 heteroatoms. The molecule has 0 bridgehead atoms. The van der Waals surface area contributed by atoms with Gasteiger partial charge in [-0.3, -0.25) is 4.79 Å². The van der Waals surface area contributed by atoms with Crippen LogP contribution in [0.2, 0.25) is 0 Å². The van der Waals surface area contributed by atoms with Crippen molar-refractivity contribution < 1.29 is 0 Å². The van der Waals surface area contributed by atoms with Gasteiger partial charge in [0.05, 0.1) is 17.2 Å². The van der Waals surface area contributed by atoms with Gasteiger partial charge in [-0.25, -0.2) is 9.97 Å². The summed E-state index contributed by atoms with van der Waals surface area (Å²) in [7, 11) is 0. The first kappa shape index (κ1) is 13.1. The molecule has 100 valence electrons. The Labute approximate surface area is 126 Å². The maximum atomic E-state index is 11.7. The largest absolute Gasteiger partial charge is 0.398 e. The molecule has 3 N–H and O–H groups in total. The van der Waals surface area contributed by atoms with E-state index in [1.165, 1.54) is 18.1 Å². The number of rotatable bonds is 2. The van der Waals surface area contributed by atoms with E-state index in [4.69, 9.17) is 5.73 Å². The molecule has 0 atom stereocenters. The van der Waals surface area contributed by atoms with E-state index in [9.17, 15) is 4.79 Å². The zero-order valence-corrected chi connectivity index (χ0v) is 12.5. The van der Waals surface area contributed by atoms with Gasteiger partial charge in [-0.05, 0) is 40.2 Å². The van der Waals surface area contributed by atoms with Gasteiger partial charge in [-0.1, -0.05) is 11.8 Å². The fourth-order valence-electron chi connectivity index (χ4n) is 1.74. The van der Waals surface area contributed by atoms with E-state index in [0.29, 0.717) is 16.6 Å². The third-order valence-electron chi connectivity index (χ3n) is 2.69. The third kappa shape index (κ3) is 2.54. The number of nitrogens with two attached hydrogens (primary N) is 1. The van der Waals surface area contributed by atoms with E-state index in [0.717, 1.165) is 14.4 Å². The first-order valence-electron chi connectivity index (χ1n) is 5.70. The van der Waals surface area contributed by atoms with Crippen molar-refractivity contribution in [2.24, 2.45) is 0 Å². The minimum absolute atomic E-state index is 0.194. The second-order valence-electron chi connectivity index (χ2n) is 4.06. The summed E-state index contributed by atoms with van der Waals surface area (Å²) in [4.78, 5) is 23.4. The molecule has 2 aromatic heterocycles. The Morgan fingerprint density at radius 3 is 2.85 bits per heavy atom. The number of halogens is 1. The standard InChI is InChI=1S/C13H9BrN4OS/c14-7-1-2-12(16-5-7)20-11-4-10-8(3-9(11)15)13(19)18-6-17-10/h1-6H,15H2,(H,17,18,19). The van der Waals surface area contributed by atoms with Gasteiger partial charge >= 0.3 is 0 Å². The summed E-state index contributed by atoms with van der Waals surface area (Å²) in [5, 5.41) is 1.31. The average Bonchev–Trinajstić information content (AvgIpc) is 2.43. The number of H-pyrrole nitrogens is 1. The summed E-state index contributed by atoms with van der Waals surface area (Å²) in [6, 6.07) is 7.25. The van der Waals surface area contributed by atoms with Gasteiger partial charge in [0.15, 0.2) is 0 Å². The van der Waals surface area contributed by atoms with Crippen LogP contribution in [0.25, 0.3) is 10.9 Å².